The molecule has 6 heteroatoms. The molecule has 0 aliphatic rings. The predicted octanol–water partition coefficient (Wildman–Crippen LogP) is 6.12. The third kappa shape index (κ3) is 4.96. The first-order valence-electron chi connectivity index (χ1n) is 9.72. The van der Waals surface area contributed by atoms with Crippen LogP contribution in [0, 0.1) is 0 Å². The van der Waals surface area contributed by atoms with E-state index >= 15 is 0 Å². The summed E-state index contributed by atoms with van der Waals surface area (Å²) in [6.07, 6.45) is 0. The van der Waals surface area contributed by atoms with Gasteiger partial charge in [0, 0.05) is 19.5 Å². The van der Waals surface area contributed by atoms with Gasteiger partial charge < -0.3 is 14.8 Å². The molecule has 4 aromatic rings. The van der Waals surface area contributed by atoms with Gasteiger partial charge in [0.25, 0.3) is 5.19 Å². The molecule has 3 aromatic carbocycles. The van der Waals surface area contributed by atoms with Crippen molar-refractivity contribution >= 4 is 27.5 Å². The van der Waals surface area contributed by atoms with Crippen molar-refractivity contribution in [3.8, 4) is 22.4 Å². The Balaban J connectivity index is 1.49. The number of fused-ring (bicyclic) bond motifs is 1. The molecule has 1 atom stereocenters. The summed E-state index contributed by atoms with van der Waals surface area (Å²) in [5, 5.41) is 3.44. The molecule has 0 saturated heterocycles. The minimum Gasteiger partial charge on any atom is -0.457 e. The van der Waals surface area contributed by atoms with Gasteiger partial charge in [-0.05, 0) is 47.9 Å². The van der Waals surface area contributed by atoms with Crippen LogP contribution in [-0.4, -0.2) is 17.4 Å². The standard InChI is InChI=1S/C24H22N2O3S/c1-16(15-25-17(2)27)18-11-12-22-23(13-18)30-24(26-22)29-21-10-6-9-20(14-21)28-19-7-4-3-5-8-19/h3-14,16H,15H2,1-2H3,(H,25,27). The summed E-state index contributed by atoms with van der Waals surface area (Å²) >= 11 is 1.50. The first-order valence-corrected chi connectivity index (χ1v) is 10.5. The van der Waals surface area contributed by atoms with E-state index in [4.69, 9.17) is 9.47 Å². The fraction of sp³-hybridized carbons (Fsp3) is 0.167. The van der Waals surface area contributed by atoms with Gasteiger partial charge in [0.05, 0.1) is 10.2 Å². The van der Waals surface area contributed by atoms with Crippen LogP contribution >= 0.6 is 11.3 Å². The normalized spacial score (nSPS) is 11.8. The number of amides is 1. The van der Waals surface area contributed by atoms with Gasteiger partial charge in [-0.1, -0.05) is 48.6 Å². The molecule has 0 fully saturated rings. The molecule has 0 radical (unpaired) electrons. The molecule has 1 unspecified atom stereocenters. The molecule has 4 rings (SSSR count). The molecular formula is C24H22N2O3S. The Bertz CT molecular complexity index is 1160. The molecule has 0 saturated carbocycles. The highest BCUT2D eigenvalue weighted by atomic mass is 32.1. The number of nitrogens with zero attached hydrogens (tertiary/aromatic N) is 1. The lowest BCUT2D eigenvalue weighted by molar-refractivity contribution is -0.119. The number of hydrogen-bond donors (Lipinski definition) is 1. The van der Waals surface area contributed by atoms with E-state index in [1.807, 2.05) is 66.7 Å². The number of ether oxygens (including phenoxy) is 2. The Labute approximate surface area is 179 Å². The molecule has 1 N–H and O–H groups in total. The summed E-state index contributed by atoms with van der Waals surface area (Å²) in [5.74, 6) is 2.35. The molecule has 152 valence electrons. The molecule has 1 aromatic heterocycles. The Hall–Kier alpha value is -3.38. The highest BCUT2D eigenvalue weighted by Crippen LogP contribution is 2.34. The van der Waals surface area contributed by atoms with E-state index in [1.54, 1.807) is 0 Å². The number of thiazole rings is 1. The van der Waals surface area contributed by atoms with Crippen LogP contribution in [0.15, 0.2) is 72.8 Å². The van der Waals surface area contributed by atoms with Crippen LogP contribution in [0.3, 0.4) is 0 Å². The number of rotatable bonds is 7. The van der Waals surface area contributed by atoms with Crippen LogP contribution < -0.4 is 14.8 Å². The van der Waals surface area contributed by atoms with Crippen molar-refractivity contribution < 1.29 is 14.3 Å². The van der Waals surface area contributed by atoms with E-state index in [0.29, 0.717) is 23.2 Å². The average Bonchev–Trinajstić information content (AvgIpc) is 3.14. The second kappa shape index (κ2) is 8.97. The number of hydrogen-bond acceptors (Lipinski definition) is 5. The zero-order chi connectivity index (χ0) is 20.9. The molecule has 30 heavy (non-hydrogen) atoms. The summed E-state index contributed by atoms with van der Waals surface area (Å²) < 4.78 is 12.9. The predicted molar refractivity (Wildman–Crippen MR) is 120 cm³/mol. The lowest BCUT2D eigenvalue weighted by Gasteiger charge is -2.11. The van der Waals surface area contributed by atoms with Crippen LogP contribution in [0.25, 0.3) is 10.2 Å². The van der Waals surface area contributed by atoms with Gasteiger partial charge in [-0.2, -0.15) is 0 Å². The summed E-state index contributed by atoms with van der Waals surface area (Å²) in [6.45, 7) is 4.23. The Morgan fingerprint density at radius 2 is 1.70 bits per heavy atom. The Morgan fingerprint density at radius 1 is 0.967 bits per heavy atom. The first-order chi connectivity index (χ1) is 14.6. The fourth-order valence-corrected chi connectivity index (χ4v) is 3.89. The maximum atomic E-state index is 11.2. The van der Waals surface area contributed by atoms with Gasteiger partial charge in [-0.25, -0.2) is 4.98 Å². The average molecular weight is 419 g/mol. The van der Waals surface area contributed by atoms with Crippen molar-refractivity contribution in [2.24, 2.45) is 0 Å². The van der Waals surface area contributed by atoms with Crippen LogP contribution in [0.5, 0.6) is 22.4 Å². The van der Waals surface area contributed by atoms with Crippen LogP contribution in [0.2, 0.25) is 0 Å². The van der Waals surface area contributed by atoms with Gasteiger partial charge in [0.1, 0.15) is 17.2 Å². The van der Waals surface area contributed by atoms with Gasteiger partial charge >= 0.3 is 0 Å². The molecule has 1 heterocycles. The zero-order valence-corrected chi connectivity index (χ0v) is 17.6. The fourth-order valence-electron chi connectivity index (χ4n) is 3.01. The second-order valence-corrected chi connectivity index (χ2v) is 8.03. The molecule has 0 bridgehead atoms. The van der Waals surface area contributed by atoms with E-state index in [9.17, 15) is 4.79 Å². The lowest BCUT2D eigenvalue weighted by atomic mass is 10.0. The van der Waals surface area contributed by atoms with E-state index < -0.39 is 0 Å². The Morgan fingerprint density at radius 3 is 2.47 bits per heavy atom. The number of benzene rings is 3. The van der Waals surface area contributed by atoms with Gasteiger partial charge in [0.15, 0.2) is 0 Å². The molecule has 5 nitrogen and oxygen atoms in total. The van der Waals surface area contributed by atoms with Gasteiger partial charge in [0.2, 0.25) is 5.91 Å². The monoisotopic (exact) mass is 418 g/mol. The third-order valence-electron chi connectivity index (χ3n) is 4.61. The van der Waals surface area contributed by atoms with Crippen molar-refractivity contribution in [3.05, 3.63) is 78.4 Å². The summed E-state index contributed by atoms with van der Waals surface area (Å²) in [4.78, 5) is 15.7. The molecule has 1 amide bonds. The number of carbonyl (C=O) groups excluding carboxylic acids is 1. The number of para-hydroxylation sites is 1. The number of nitrogens with one attached hydrogen (secondary N) is 1. The number of carbonyl (C=O) groups is 1. The lowest BCUT2D eigenvalue weighted by Crippen LogP contribution is -2.24. The quantitative estimate of drug-likeness (QED) is 0.393. The highest BCUT2D eigenvalue weighted by Gasteiger charge is 2.11. The maximum Gasteiger partial charge on any atom is 0.279 e. The van der Waals surface area contributed by atoms with Crippen molar-refractivity contribution in [1.82, 2.24) is 10.3 Å². The maximum absolute atomic E-state index is 11.2. The van der Waals surface area contributed by atoms with E-state index in [0.717, 1.165) is 21.5 Å². The van der Waals surface area contributed by atoms with Gasteiger partial charge in [-0.3, -0.25) is 4.79 Å². The van der Waals surface area contributed by atoms with Crippen molar-refractivity contribution in [3.63, 3.8) is 0 Å². The molecular weight excluding hydrogens is 396 g/mol. The molecule has 0 aliphatic heterocycles. The highest BCUT2D eigenvalue weighted by molar-refractivity contribution is 7.20. The minimum atomic E-state index is -0.0186. The zero-order valence-electron chi connectivity index (χ0n) is 16.8. The van der Waals surface area contributed by atoms with Crippen LogP contribution in [0.1, 0.15) is 25.3 Å². The van der Waals surface area contributed by atoms with Crippen LogP contribution in [0.4, 0.5) is 0 Å². The summed E-state index contributed by atoms with van der Waals surface area (Å²) in [7, 11) is 0. The third-order valence-corrected chi connectivity index (χ3v) is 5.50. The van der Waals surface area contributed by atoms with Crippen molar-refractivity contribution in [2.45, 2.75) is 19.8 Å². The second-order valence-electron chi connectivity index (χ2n) is 7.04. The Kier molecular flexibility index (Phi) is 5.95. The van der Waals surface area contributed by atoms with Crippen LogP contribution in [-0.2, 0) is 4.79 Å². The van der Waals surface area contributed by atoms with E-state index in [-0.39, 0.29) is 11.8 Å². The van der Waals surface area contributed by atoms with E-state index in [2.05, 4.69) is 23.3 Å². The van der Waals surface area contributed by atoms with Crippen molar-refractivity contribution in [1.29, 1.82) is 0 Å². The summed E-state index contributed by atoms with van der Waals surface area (Å²) in [5.41, 5.74) is 2.05. The topological polar surface area (TPSA) is 60.5 Å². The van der Waals surface area contributed by atoms with Crippen molar-refractivity contribution in [2.75, 3.05) is 6.54 Å². The SMILES string of the molecule is CC(=O)NCC(C)c1ccc2nc(Oc3cccc(Oc4ccccc4)c3)sc2c1. The largest absolute Gasteiger partial charge is 0.457 e. The minimum absolute atomic E-state index is 0.0186. The smallest absolute Gasteiger partial charge is 0.279 e. The molecule has 0 spiro atoms. The summed E-state index contributed by atoms with van der Waals surface area (Å²) in [6, 6.07) is 23.3. The first kappa shape index (κ1) is 19.9. The van der Waals surface area contributed by atoms with E-state index in [1.165, 1.54) is 18.3 Å². The molecule has 0 aliphatic carbocycles. The van der Waals surface area contributed by atoms with Gasteiger partial charge in [-0.15, -0.1) is 0 Å². The number of aromatic nitrogens is 1.